The summed E-state index contributed by atoms with van der Waals surface area (Å²) in [4.78, 5) is 10.5. The standard InChI is InChI=1S/C10H11ClO4/c11-8-3-7(4-9(12)13)15-10(8)6-1-2-14-5-6/h3,6H,1-2,4-5H2,(H,12,13). The molecule has 1 atom stereocenters. The normalized spacial score (nSPS) is 20.7. The van der Waals surface area contributed by atoms with E-state index >= 15 is 0 Å². The number of aliphatic carboxylic acids is 1. The third kappa shape index (κ3) is 2.33. The van der Waals surface area contributed by atoms with Gasteiger partial charge in [-0.15, -0.1) is 0 Å². The van der Waals surface area contributed by atoms with Crippen LogP contribution in [0.25, 0.3) is 0 Å². The van der Waals surface area contributed by atoms with E-state index in [1.165, 1.54) is 0 Å². The molecule has 0 saturated carbocycles. The third-order valence-electron chi connectivity index (χ3n) is 2.39. The highest BCUT2D eigenvalue weighted by Crippen LogP contribution is 2.33. The lowest BCUT2D eigenvalue weighted by atomic mass is 10.1. The molecule has 4 nitrogen and oxygen atoms in total. The van der Waals surface area contributed by atoms with E-state index in [1.807, 2.05) is 0 Å². The van der Waals surface area contributed by atoms with E-state index in [4.69, 9.17) is 25.9 Å². The largest absolute Gasteiger partial charge is 0.481 e. The maximum Gasteiger partial charge on any atom is 0.311 e. The third-order valence-corrected chi connectivity index (χ3v) is 2.69. The van der Waals surface area contributed by atoms with Gasteiger partial charge >= 0.3 is 5.97 Å². The summed E-state index contributed by atoms with van der Waals surface area (Å²) in [7, 11) is 0. The van der Waals surface area contributed by atoms with Crippen LogP contribution in [0.15, 0.2) is 10.5 Å². The summed E-state index contributed by atoms with van der Waals surface area (Å²) in [5, 5.41) is 9.11. The predicted octanol–water partition coefficient (Wildman–Crippen LogP) is 2.06. The van der Waals surface area contributed by atoms with Gasteiger partial charge in [0.25, 0.3) is 0 Å². The van der Waals surface area contributed by atoms with Crippen LogP contribution in [0.4, 0.5) is 0 Å². The Morgan fingerprint density at radius 1 is 1.67 bits per heavy atom. The van der Waals surface area contributed by atoms with Gasteiger partial charge in [0.2, 0.25) is 0 Å². The highest BCUT2D eigenvalue weighted by Gasteiger charge is 2.24. The van der Waals surface area contributed by atoms with Crippen molar-refractivity contribution in [3.63, 3.8) is 0 Å². The maximum absolute atomic E-state index is 10.5. The minimum atomic E-state index is -0.922. The smallest absolute Gasteiger partial charge is 0.311 e. The first-order valence-electron chi connectivity index (χ1n) is 4.74. The molecular weight excluding hydrogens is 220 g/mol. The van der Waals surface area contributed by atoms with Crippen LogP contribution in [0.1, 0.15) is 23.9 Å². The molecule has 15 heavy (non-hydrogen) atoms. The van der Waals surface area contributed by atoms with Gasteiger partial charge in [0, 0.05) is 12.5 Å². The average Bonchev–Trinajstić information content (AvgIpc) is 2.72. The van der Waals surface area contributed by atoms with Crippen molar-refractivity contribution in [2.75, 3.05) is 13.2 Å². The molecular formula is C10H11ClO4. The first-order valence-corrected chi connectivity index (χ1v) is 5.12. The van der Waals surface area contributed by atoms with Crippen LogP contribution < -0.4 is 0 Å². The van der Waals surface area contributed by atoms with Crippen molar-refractivity contribution in [2.24, 2.45) is 0 Å². The molecule has 1 fully saturated rings. The Labute approximate surface area is 91.8 Å². The van der Waals surface area contributed by atoms with Crippen LogP contribution >= 0.6 is 11.6 Å². The molecule has 1 aliphatic rings. The van der Waals surface area contributed by atoms with E-state index < -0.39 is 5.97 Å². The highest BCUT2D eigenvalue weighted by molar-refractivity contribution is 6.31. The Bertz CT molecular complexity index is 365. The lowest BCUT2D eigenvalue weighted by Crippen LogP contribution is -1.99. The van der Waals surface area contributed by atoms with Gasteiger partial charge in [-0.1, -0.05) is 11.6 Å². The summed E-state index contributed by atoms with van der Waals surface area (Å²) in [5.41, 5.74) is 0. The van der Waals surface area contributed by atoms with Crippen molar-refractivity contribution in [3.05, 3.63) is 22.6 Å². The van der Waals surface area contributed by atoms with E-state index in [0.717, 1.165) is 6.42 Å². The van der Waals surface area contributed by atoms with E-state index in [2.05, 4.69) is 0 Å². The van der Waals surface area contributed by atoms with E-state index in [-0.39, 0.29) is 12.3 Å². The number of ether oxygens (including phenoxy) is 1. The van der Waals surface area contributed by atoms with E-state index in [9.17, 15) is 4.79 Å². The first-order chi connectivity index (χ1) is 7.16. The fourth-order valence-electron chi connectivity index (χ4n) is 1.69. The molecule has 2 heterocycles. The molecule has 2 rings (SSSR count). The summed E-state index contributed by atoms with van der Waals surface area (Å²) in [6, 6.07) is 1.57. The van der Waals surface area contributed by atoms with E-state index in [0.29, 0.717) is 29.8 Å². The van der Waals surface area contributed by atoms with Crippen molar-refractivity contribution in [3.8, 4) is 0 Å². The van der Waals surface area contributed by atoms with Crippen LogP contribution in [0.2, 0.25) is 5.02 Å². The fourth-order valence-corrected chi connectivity index (χ4v) is 2.00. The summed E-state index contributed by atoms with van der Waals surface area (Å²) >= 11 is 5.97. The molecule has 5 heteroatoms. The second kappa shape index (κ2) is 4.24. The molecule has 0 spiro atoms. The zero-order valence-electron chi connectivity index (χ0n) is 8.03. The number of carboxylic acid groups (broad SMARTS) is 1. The number of carboxylic acids is 1. The predicted molar refractivity (Wildman–Crippen MR) is 53.2 cm³/mol. The summed E-state index contributed by atoms with van der Waals surface area (Å²) < 4.78 is 10.6. The molecule has 82 valence electrons. The number of rotatable bonds is 3. The number of hydrogen-bond acceptors (Lipinski definition) is 3. The van der Waals surface area contributed by atoms with Crippen LogP contribution in [0.3, 0.4) is 0 Å². The molecule has 1 aromatic heterocycles. The second-order valence-corrected chi connectivity index (χ2v) is 3.96. The Morgan fingerprint density at radius 2 is 2.47 bits per heavy atom. The molecule has 0 radical (unpaired) electrons. The van der Waals surface area contributed by atoms with Crippen molar-refractivity contribution in [2.45, 2.75) is 18.8 Å². The summed E-state index contributed by atoms with van der Waals surface area (Å²) in [6.45, 7) is 1.30. The van der Waals surface area contributed by atoms with Crippen molar-refractivity contribution in [1.82, 2.24) is 0 Å². The number of halogens is 1. The minimum Gasteiger partial charge on any atom is -0.481 e. The van der Waals surface area contributed by atoms with Gasteiger partial charge in [-0.3, -0.25) is 4.79 Å². The Morgan fingerprint density at radius 3 is 3.07 bits per heavy atom. The fraction of sp³-hybridized carbons (Fsp3) is 0.500. The Balaban J connectivity index is 2.17. The molecule has 0 amide bonds. The molecule has 1 aromatic rings. The lowest BCUT2D eigenvalue weighted by molar-refractivity contribution is -0.136. The molecule has 0 bridgehead atoms. The van der Waals surface area contributed by atoms with Gasteiger partial charge in [-0.25, -0.2) is 0 Å². The van der Waals surface area contributed by atoms with Gasteiger partial charge in [0.1, 0.15) is 17.9 Å². The Kier molecular flexibility index (Phi) is 2.98. The first kappa shape index (κ1) is 10.5. The topological polar surface area (TPSA) is 59.7 Å². The zero-order chi connectivity index (χ0) is 10.8. The number of hydrogen-bond donors (Lipinski definition) is 1. The average molecular weight is 231 g/mol. The quantitative estimate of drug-likeness (QED) is 0.864. The molecule has 0 aromatic carbocycles. The van der Waals surface area contributed by atoms with Crippen LogP contribution in [0.5, 0.6) is 0 Å². The van der Waals surface area contributed by atoms with Gasteiger partial charge in [-0.2, -0.15) is 0 Å². The summed E-state index contributed by atoms with van der Waals surface area (Å²) in [6.07, 6.45) is 0.743. The SMILES string of the molecule is O=C(O)Cc1cc(Cl)c(C2CCOC2)o1. The zero-order valence-corrected chi connectivity index (χ0v) is 8.79. The van der Waals surface area contributed by atoms with Crippen LogP contribution in [-0.4, -0.2) is 24.3 Å². The highest BCUT2D eigenvalue weighted by atomic mass is 35.5. The lowest BCUT2D eigenvalue weighted by Gasteiger charge is -2.03. The van der Waals surface area contributed by atoms with Gasteiger partial charge < -0.3 is 14.3 Å². The van der Waals surface area contributed by atoms with Crippen LogP contribution in [-0.2, 0) is 16.0 Å². The van der Waals surface area contributed by atoms with Crippen LogP contribution in [0, 0.1) is 0 Å². The van der Waals surface area contributed by atoms with Crippen molar-refractivity contribution >= 4 is 17.6 Å². The molecule has 1 unspecified atom stereocenters. The molecule has 1 N–H and O–H groups in total. The van der Waals surface area contributed by atoms with Crippen molar-refractivity contribution in [1.29, 1.82) is 0 Å². The minimum absolute atomic E-state index is 0.132. The molecule has 1 aliphatic heterocycles. The second-order valence-electron chi connectivity index (χ2n) is 3.56. The monoisotopic (exact) mass is 230 g/mol. The van der Waals surface area contributed by atoms with E-state index in [1.54, 1.807) is 6.07 Å². The van der Waals surface area contributed by atoms with Gasteiger partial charge in [-0.05, 0) is 12.5 Å². The number of furan rings is 1. The molecule has 0 aliphatic carbocycles. The van der Waals surface area contributed by atoms with Gasteiger partial charge in [0.05, 0.1) is 11.6 Å². The van der Waals surface area contributed by atoms with Crippen molar-refractivity contribution < 1.29 is 19.1 Å². The Hall–Kier alpha value is -1.00. The van der Waals surface area contributed by atoms with Gasteiger partial charge in [0.15, 0.2) is 0 Å². The maximum atomic E-state index is 10.5. The molecule has 1 saturated heterocycles. The summed E-state index contributed by atoms with van der Waals surface area (Å²) in [5.74, 6) is 0.300. The number of carbonyl (C=O) groups is 1.